The van der Waals surface area contributed by atoms with Gasteiger partial charge in [0.05, 0.1) is 14.2 Å². The number of rotatable bonds is 7. The number of carbonyl (C=O) groups is 2. The molecule has 0 unspecified atom stereocenters. The first-order valence-electron chi connectivity index (χ1n) is 12.3. The van der Waals surface area contributed by atoms with Gasteiger partial charge in [0.15, 0.2) is 17.3 Å². The van der Waals surface area contributed by atoms with Crippen LogP contribution in [0.15, 0.2) is 47.9 Å². The van der Waals surface area contributed by atoms with Gasteiger partial charge in [-0.15, -0.1) is 0 Å². The van der Waals surface area contributed by atoms with Crippen LogP contribution in [0.1, 0.15) is 44.1 Å². The summed E-state index contributed by atoms with van der Waals surface area (Å²) in [7, 11) is 3.18. The molecule has 8 heteroatoms. The third-order valence-corrected chi connectivity index (χ3v) is 7.23. The largest absolute Gasteiger partial charge is 0.496 e. The average Bonchev–Trinajstić information content (AvgIpc) is 3.21. The second-order valence-corrected chi connectivity index (χ2v) is 9.38. The Balaban J connectivity index is 1.41. The standard InChI is InChI=1S/C27H31N3O5/c1-33-21-11-12-22(34-2)25-19(21)15-18-16-30(27(32)24(18)35-25)20(14-17-8-4-3-5-9-17)26(31)29-23-10-6-7-13-28-23/h6-7,10-13,17,20H,3-5,8-9,14-16H2,1-2H3,(H,28,29,31)/t20-/m0/s1. The molecule has 1 aromatic heterocycles. The van der Waals surface area contributed by atoms with Crippen molar-refractivity contribution in [2.24, 2.45) is 5.92 Å². The van der Waals surface area contributed by atoms with E-state index in [2.05, 4.69) is 10.3 Å². The highest BCUT2D eigenvalue weighted by Crippen LogP contribution is 2.45. The Labute approximate surface area is 205 Å². The van der Waals surface area contributed by atoms with E-state index in [-0.39, 0.29) is 11.8 Å². The molecule has 0 radical (unpaired) electrons. The lowest BCUT2D eigenvalue weighted by Crippen LogP contribution is -2.47. The molecule has 1 saturated carbocycles. The van der Waals surface area contributed by atoms with Crippen molar-refractivity contribution < 1.29 is 23.8 Å². The third kappa shape index (κ3) is 4.57. The smallest absolute Gasteiger partial charge is 0.290 e. The molecule has 184 valence electrons. The predicted molar refractivity (Wildman–Crippen MR) is 130 cm³/mol. The zero-order valence-electron chi connectivity index (χ0n) is 20.2. The van der Waals surface area contributed by atoms with E-state index in [1.165, 1.54) is 19.3 Å². The monoisotopic (exact) mass is 477 g/mol. The number of fused-ring (bicyclic) bond motifs is 1. The van der Waals surface area contributed by atoms with E-state index < -0.39 is 6.04 Å². The Morgan fingerprint density at radius 3 is 2.63 bits per heavy atom. The Kier molecular flexibility index (Phi) is 6.61. The van der Waals surface area contributed by atoms with E-state index in [4.69, 9.17) is 14.2 Å². The van der Waals surface area contributed by atoms with Gasteiger partial charge in [-0.2, -0.15) is 0 Å². The van der Waals surface area contributed by atoms with Crippen LogP contribution in [0.4, 0.5) is 5.82 Å². The van der Waals surface area contributed by atoms with E-state index in [9.17, 15) is 9.59 Å². The van der Waals surface area contributed by atoms with Crippen LogP contribution in [-0.2, 0) is 16.0 Å². The highest BCUT2D eigenvalue weighted by molar-refractivity contribution is 6.02. The zero-order chi connectivity index (χ0) is 24.4. The Bertz CT molecular complexity index is 1140. The minimum atomic E-state index is -0.603. The van der Waals surface area contributed by atoms with E-state index in [0.717, 1.165) is 24.0 Å². The van der Waals surface area contributed by atoms with Crippen LogP contribution >= 0.6 is 0 Å². The van der Waals surface area contributed by atoms with Crippen molar-refractivity contribution >= 4 is 17.6 Å². The molecule has 1 atom stereocenters. The number of anilines is 1. The molecule has 35 heavy (non-hydrogen) atoms. The number of hydrogen-bond acceptors (Lipinski definition) is 6. The molecule has 5 rings (SSSR count). The number of hydrogen-bond donors (Lipinski definition) is 1. The summed E-state index contributed by atoms with van der Waals surface area (Å²) in [6, 6.07) is 8.39. The van der Waals surface area contributed by atoms with Gasteiger partial charge in [0.1, 0.15) is 17.6 Å². The van der Waals surface area contributed by atoms with Gasteiger partial charge < -0.3 is 24.4 Å². The molecule has 0 spiro atoms. The van der Waals surface area contributed by atoms with E-state index in [0.29, 0.717) is 54.1 Å². The normalized spacial score (nSPS) is 18.5. The first-order chi connectivity index (χ1) is 17.1. The molecule has 0 bridgehead atoms. The van der Waals surface area contributed by atoms with Crippen LogP contribution in [0.2, 0.25) is 0 Å². The molecule has 2 aliphatic heterocycles. The van der Waals surface area contributed by atoms with E-state index in [1.807, 2.05) is 12.1 Å². The Morgan fingerprint density at radius 2 is 1.91 bits per heavy atom. The SMILES string of the molecule is COc1ccc(OC)c2c1CC1=C(O2)C(=O)N([C@@H](CC2CCCCC2)C(=O)Nc2ccccn2)C1. The second-order valence-electron chi connectivity index (χ2n) is 9.38. The maximum Gasteiger partial charge on any atom is 0.290 e. The summed E-state index contributed by atoms with van der Waals surface area (Å²) >= 11 is 0. The molecule has 2 amide bonds. The fourth-order valence-electron chi connectivity index (χ4n) is 5.43. The first kappa shape index (κ1) is 23.2. The number of nitrogens with one attached hydrogen (secondary N) is 1. The molecule has 0 saturated heterocycles. The molecule has 1 aromatic carbocycles. The molecule has 8 nitrogen and oxygen atoms in total. The summed E-state index contributed by atoms with van der Waals surface area (Å²) in [5, 5.41) is 2.92. The van der Waals surface area contributed by atoms with Crippen molar-refractivity contribution in [1.82, 2.24) is 9.88 Å². The van der Waals surface area contributed by atoms with Gasteiger partial charge in [0.25, 0.3) is 5.91 Å². The molecular formula is C27H31N3O5. The lowest BCUT2D eigenvalue weighted by atomic mass is 9.84. The van der Waals surface area contributed by atoms with Gasteiger partial charge >= 0.3 is 0 Å². The predicted octanol–water partition coefficient (Wildman–Crippen LogP) is 4.11. The molecule has 3 heterocycles. The van der Waals surface area contributed by atoms with Crippen LogP contribution in [0.25, 0.3) is 0 Å². The summed E-state index contributed by atoms with van der Waals surface area (Å²) in [6.07, 6.45) is 8.50. The average molecular weight is 478 g/mol. The highest BCUT2D eigenvalue weighted by Gasteiger charge is 2.43. The highest BCUT2D eigenvalue weighted by atomic mass is 16.5. The molecule has 3 aliphatic rings. The molecule has 2 aromatic rings. The summed E-state index contributed by atoms with van der Waals surface area (Å²) in [4.78, 5) is 33.0. The van der Waals surface area contributed by atoms with Gasteiger partial charge in [0.2, 0.25) is 5.91 Å². The number of benzene rings is 1. The van der Waals surface area contributed by atoms with Crippen molar-refractivity contribution in [3.63, 3.8) is 0 Å². The number of nitrogens with zero attached hydrogens (tertiary/aromatic N) is 2. The van der Waals surface area contributed by atoms with Crippen molar-refractivity contribution in [1.29, 1.82) is 0 Å². The minimum Gasteiger partial charge on any atom is -0.496 e. The molecule has 1 aliphatic carbocycles. The van der Waals surface area contributed by atoms with Gasteiger partial charge in [-0.25, -0.2) is 4.98 Å². The number of aromatic nitrogens is 1. The Morgan fingerprint density at radius 1 is 1.14 bits per heavy atom. The molecule has 1 N–H and O–H groups in total. The van der Waals surface area contributed by atoms with Crippen LogP contribution in [0.3, 0.4) is 0 Å². The lowest BCUT2D eigenvalue weighted by Gasteiger charge is -2.31. The number of methoxy groups -OCH3 is 2. The third-order valence-electron chi connectivity index (χ3n) is 7.23. The van der Waals surface area contributed by atoms with Crippen molar-refractivity contribution in [2.75, 3.05) is 26.1 Å². The van der Waals surface area contributed by atoms with Crippen molar-refractivity contribution in [2.45, 2.75) is 51.0 Å². The summed E-state index contributed by atoms with van der Waals surface area (Å²) < 4.78 is 17.2. The van der Waals surface area contributed by atoms with Gasteiger partial charge in [-0.05, 0) is 36.6 Å². The maximum atomic E-state index is 13.6. The van der Waals surface area contributed by atoms with Crippen LogP contribution in [0.5, 0.6) is 17.2 Å². The van der Waals surface area contributed by atoms with Gasteiger partial charge in [-0.1, -0.05) is 38.2 Å². The van der Waals surface area contributed by atoms with Gasteiger partial charge in [0, 0.05) is 30.3 Å². The first-order valence-corrected chi connectivity index (χ1v) is 12.3. The van der Waals surface area contributed by atoms with Crippen LogP contribution in [-0.4, -0.2) is 48.5 Å². The number of carbonyl (C=O) groups excluding carboxylic acids is 2. The van der Waals surface area contributed by atoms with Crippen molar-refractivity contribution in [3.8, 4) is 17.2 Å². The topological polar surface area (TPSA) is 90.0 Å². The maximum absolute atomic E-state index is 13.6. The zero-order valence-corrected chi connectivity index (χ0v) is 20.2. The summed E-state index contributed by atoms with van der Waals surface area (Å²) in [5.41, 5.74) is 1.70. The van der Waals surface area contributed by atoms with E-state index >= 15 is 0 Å². The molecule has 1 fully saturated rings. The lowest BCUT2D eigenvalue weighted by molar-refractivity contribution is -0.135. The van der Waals surface area contributed by atoms with Gasteiger partial charge in [-0.3, -0.25) is 9.59 Å². The number of pyridine rings is 1. The van der Waals surface area contributed by atoms with Crippen LogP contribution < -0.4 is 19.5 Å². The number of ether oxygens (including phenoxy) is 3. The summed E-state index contributed by atoms with van der Waals surface area (Å²) in [5.74, 6) is 2.45. The quantitative estimate of drug-likeness (QED) is 0.646. The summed E-state index contributed by atoms with van der Waals surface area (Å²) in [6.45, 7) is 0.348. The Hall–Kier alpha value is -3.55. The number of amides is 2. The van der Waals surface area contributed by atoms with Crippen LogP contribution in [0, 0.1) is 5.92 Å². The minimum absolute atomic E-state index is 0.213. The van der Waals surface area contributed by atoms with E-state index in [1.54, 1.807) is 43.5 Å². The van der Waals surface area contributed by atoms with Crippen molar-refractivity contribution in [3.05, 3.63) is 53.4 Å². The second kappa shape index (κ2) is 9.98. The fourth-order valence-corrected chi connectivity index (χ4v) is 5.43. The fraction of sp³-hybridized carbons (Fsp3) is 0.444. The molecular weight excluding hydrogens is 446 g/mol.